The second kappa shape index (κ2) is 4.62. The monoisotopic (exact) mass is 269 g/mol. The third kappa shape index (κ3) is 3.09. The number of hydrogen-bond donors (Lipinski definition) is 2. The summed E-state index contributed by atoms with van der Waals surface area (Å²) in [6.07, 6.45) is 0. The Morgan fingerprint density at radius 2 is 1.94 bits per heavy atom. The number of sulfonamides is 1. The summed E-state index contributed by atoms with van der Waals surface area (Å²) in [6.45, 7) is 0. The predicted octanol–water partition coefficient (Wildman–Crippen LogP) is 1.49. The van der Waals surface area contributed by atoms with Crippen LogP contribution in [0.25, 0.3) is 0 Å². The third-order valence-electron chi connectivity index (χ3n) is 1.70. The average Bonchev–Trinajstić information content (AvgIpc) is 2.20. The molecular weight excluding hydrogens is 263 g/mol. The summed E-state index contributed by atoms with van der Waals surface area (Å²) in [7, 11) is -4.98. The fourth-order valence-corrected chi connectivity index (χ4v) is 1.49. The largest absolute Gasteiger partial charge is 0.478 e. The van der Waals surface area contributed by atoms with Crippen molar-refractivity contribution in [2.45, 2.75) is 5.76 Å². The molecular formula is C8H6F3NO4S. The van der Waals surface area contributed by atoms with Crippen LogP contribution in [0.2, 0.25) is 0 Å². The van der Waals surface area contributed by atoms with Gasteiger partial charge < -0.3 is 5.11 Å². The molecule has 17 heavy (non-hydrogen) atoms. The predicted molar refractivity (Wildman–Crippen MR) is 51.9 cm³/mol. The van der Waals surface area contributed by atoms with Gasteiger partial charge in [-0.3, -0.25) is 4.72 Å². The summed E-state index contributed by atoms with van der Waals surface area (Å²) in [5.74, 6) is -6.39. The maximum Gasteiger partial charge on any atom is 0.355 e. The average molecular weight is 269 g/mol. The molecule has 0 unspecified atom stereocenters. The summed E-state index contributed by atoms with van der Waals surface area (Å²) in [5, 5.41) is 8.50. The number of carboxylic acids is 1. The van der Waals surface area contributed by atoms with E-state index in [1.807, 2.05) is 0 Å². The third-order valence-corrected chi connectivity index (χ3v) is 2.68. The minimum Gasteiger partial charge on any atom is -0.478 e. The van der Waals surface area contributed by atoms with Crippen molar-refractivity contribution in [3.05, 3.63) is 29.6 Å². The number of alkyl halides is 2. The fraction of sp³-hybridized carbons (Fsp3) is 0.125. The highest BCUT2D eigenvalue weighted by atomic mass is 32.2. The summed E-state index contributed by atoms with van der Waals surface area (Å²) in [5.41, 5.74) is -1.17. The van der Waals surface area contributed by atoms with Crippen LogP contribution in [0.3, 0.4) is 0 Å². The van der Waals surface area contributed by atoms with Crippen LogP contribution >= 0.6 is 0 Å². The van der Waals surface area contributed by atoms with Crippen molar-refractivity contribution in [3.63, 3.8) is 0 Å². The Kier molecular flexibility index (Phi) is 3.61. The lowest BCUT2D eigenvalue weighted by atomic mass is 10.2. The summed E-state index contributed by atoms with van der Waals surface area (Å²) in [4.78, 5) is 10.4. The molecule has 0 fully saturated rings. The number of carbonyl (C=O) groups is 1. The molecule has 2 N–H and O–H groups in total. The Balaban J connectivity index is 3.06. The summed E-state index contributed by atoms with van der Waals surface area (Å²) < 4.78 is 59.9. The normalized spacial score (nSPS) is 11.5. The van der Waals surface area contributed by atoms with E-state index in [1.54, 1.807) is 0 Å². The minimum atomic E-state index is -4.98. The lowest BCUT2D eigenvalue weighted by Gasteiger charge is -2.08. The molecule has 0 aliphatic heterocycles. The van der Waals surface area contributed by atoms with E-state index in [-0.39, 0.29) is 0 Å². The van der Waals surface area contributed by atoms with E-state index in [9.17, 15) is 26.4 Å². The number of benzene rings is 1. The van der Waals surface area contributed by atoms with Crippen LogP contribution in [0.1, 0.15) is 10.4 Å². The first kappa shape index (κ1) is 13.3. The van der Waals surface area contributed by atoms with Gasteiger partial charge in [0.2, 0.25) is 0 Å². The molecule has 1 aromatic rings. The summed E-state index contributed by atoms with van der Waals surface area (Å²) in [6, 6.07) is 2.15. The molecule has 0 heterocycles. The Bertz CT molecular complexity index is 544. The van der Waals surface area contributed by atoms with Gasteiger partial charge in [0.25, 0.3) is 10.0 Å². The van der Waals surface area contributed by atoms with Crippen molar-refractivity contribution in [2.24, 2.45) is 0 Å². The van der Waals surface area contributed by atoms with Gasteiger partial charge in [0.15, 0.2) is 0 Å². The number of carboxylic acid groups (broad SMARTS) is 1. The smallest absolute Gasteiger partial charge is 0.355 e. The Hall–Kier alpha value is -1.77. The van der Waals surface area contributed by atoms with Gasteiger partial charge in [-0.15, -0.1) is 0 Å². The standard InChI is InChI=1S/C8H6F3NO4S/c9-5-3-4(7(13)14)1-2-6(5)12-17(15,16)8(10)11/h1-3,8,12H,(H,13,14). The zero-order chi connectivity index (χ0) is 13.2. The first-order valence-corrected chi connectivity index (χ1v) is 5.61. The number of anilines is 1. The fourth-order valence-electron chi connectivity index (χ4n) is 0.929. The molecule has 5 nitrogen and oxygen atoms in total. The maximum atomic E-state index is 13.2. The number of halogens is 3. The molecule has 0 radical (unpaired) electrons. The van der Waals surface area contributed by atoms with Gasteiger partial charge in [-0.2, -0.15) is 8.78 Å². The first-order chi connectivity index (χ1) is 7.74. The second-order valence-corrected chi connectivity index (χ2v) is 4.56. The number of hydrogen-bond acceptors (Lipinski definition) is 3. The Labute approximate surface area is 93.9 Å². The second-order valence-electron chi connectivity index (χ2n) is 2.91. The number of rotatable bonds is 4. The van der Waals surface area contributed by atoms with Gasteiger partial charge in [0.1, 0.15) is 5.82 Å². The molecule has 0 aliphatic carbocycles. The lowest BCUT2D eigenvalue weighted by molar-refractivity contribution is 0.0696. The highest BCUT2D eigenvalue weighted by Gasteiger charge is 2.25. The van der Waals surface area contributed by atoms with Crippen LogP contribution in [-0.2, 0) is 10.0 Å². The zero-order valence-corrected chi connectivity index (χ0v) is 8.84. The molecule has 0 amide bonds. The van der Waals surface area contributed by atoms with Crippen LogP contribution in [0.15, 0.2) is 18.2 Å². The van der Waals surface area contributed by atoms with Gasteiger partial charge in [0, 0.05) is 0 Å². The van der Waals surface area contributed by atoms with Crippen molar-refractivity contribution in [3.8, 4) is 0 Å². The van der Waals surface area contributed by atoms with Crippen molar-refractivity contribution < 1.29 is 31.5 Å². The molecule has 1 aromatic carbocycles. The minimum absolute atomic E-state index is 0.428. The highest BCUT2D eigenvalue weighted by Crippen LogP contribution is 2.19. The number of nitrogens with one attached hydrogen (secondary N) is 1. The van der Waals surface area contributed by atoms with E-state index < -0.39 is 38.8 Å². The molecule has 0 atom stereocenters. The van der Waals surface area contributed by atoms with E-state index in [0.29, 0.717) is 6.07 Å². The first-order valence-electron chi connectivity index (χ1n) is 4.06. The highest BCUT2D eigenvalue weighted by molar-refractivity contribution is 7.93. The molecule has 1 rings (SSSR count). The van der Waals surface area contributed by atoms with E-state index in [0.717, 1.165) is 12.1 Å². The van der Waals surface area contributed by atoms with Crippen LogP contribution in [-0.4, -0.2) is 25.3 Å². The molecule has 0 spiro atoms. The molecule has 94 valence electrons. The topological polar surface area (TPSA) is 83.5 Å². The van der Waals surface area contributed by atoms with Crippen LogP contribution in [0.4, 0.5) is 18.9 Å². The van der Waals surface area contributed by atoms with E-state index in [1.165, 1.54) is 4.72 Å². The van der Waals surface area contributed by atoms with Crippen molar-refractivity contribution in [1.29, 1.82) is 0 Å². The Morgan fingerprint density at radius 1 is 1.35 bits per heavy atom. The molecule has 0 bridgehead atoms. The van der Waals surface area contributed by atoms with Crippen LogP contribution in [0.5, 0.6) is 0 Å². The van der Waals surface area contributed by atoms with Crippen molar-refractivity contribution in [1.82, 2.24) is 0 Å². The zero-order valence-electron chi connectivity index (χ0n) is 8.02. The van der Waals surface area contributed by atoms with Gasteiger partial charge in [-0.05, 0) is 18.2 Å². The molecule has 0 saturated carbocycles. The van der Waals surface area contributed by atoms with Gasteiger partial charge >= 0.3 is 11.7 Å². The lowest BCUT2D eigenvalue weighted by Crippen LogP contribution is -2.21. The summed E-state index contributed by atoms with van der Waals surface area (Å²) >= 11 is 0. The molecule has 0 aliphatic rings. The quantitative estimate of drug-likeness (QED) is 0.867. The van der Waals surface area contributed by atoms with E-state index >= 15 is 0 Å². The molecule has 0 aromatic heterocycles. The van der Waals surface area contributed by atoms with Gasteiger partial charge in [-0.1, -0.05) is 0 Å². The van der Waals surface area contributed by atoms with Gasteiger partial charge in [-0.25, -0.2) is 17.6 Å². The SMILES string of the molecule is O=C(O)c1ccc(NS(=O)(=O)C(F)F)c(F)c1. The van der Waals surface area contributed by atoms with E-state index in [2.05, 4.69) is 0 Å². The molecule has 9 heteroatoms. The van der Waals surface area contributed by atoms with Crippen LogP contribution in [0, 0.1) is 5.82 Å². The van der Waals surface area contributed by atoms with Crippen molar-refractivity contribution in [2.75, 3.05) is 4.72 Å². The number of aromatic carboxylic acids is 1. The van der Waals surface area contributed by atoms with Crippen molar-refractivity contribution >= 4 is 21.7 Å². The van der Waals surface area contributed by atoms with Gasteiger partial charge in [0.05, 0.1) is 11.3 Å². The molecule has 0 saturated heterocycles. The maximum absolute atomic E-state index is 13.2. The van der Waals surface area contributed by atoms with Crippen LogP contribution < -0.4 is 4.72 Å². The Morgan fingerprint density at radius 3 is 2.35 bits per heavy atom. The van der Waals surface area contributed by atoms with E-state index in [4.69, 9.17) is 5.11 Å².